The van der Waals surface area contributed by atoms with Gasteiger partial charge in [-0.2, -0.15) is 5.10 Å². The first-order valence-electron chi connectivity index (χ1n) is 3.95. The van der Waals surface area contributed by atoms with Gasteiger partial charge in [-0.25, -0.2) is 14.4 Å². The Morgan fingerprint density at radius 3 is 2.33 bits per heavy atom. The lowest BCUT2D eigenvalue weighted by Crippen LogP contribution is -1.93. The van der Waals surface area contributed by atoms with Crippen LogP contribution in [0.15, 0.2) is 12.4 Å². The molecule has 0 unspecified atom stereocenters. The van der Waals surface area contributed by atoms with Gasteiger partial charge in [-0.05, 0) is 0 Å². The lowest BCUT2D eigenvalue weighted by Gasteiger charge is -1.99. The quantitative estimate of drug-likeness (QED) is 0.726. The van der Waals surface area contributed by atoms with Crippen LogP contribution in [0.2, 0.25) is 10.3 Å². The third-order valence-electron chi connectivity index (χ3n) is 1.73. The molecule has 0 saturated carbocycles. The number of aromatic nitrogens is 4. The van der Waals surface area contributed by atoms with Crippen LogP contribution in [-0.4, -0.2) is 19.7 Å². The van der Waals surface area contributed by atoms with Crippen molar-refractivity contribution < 1.29 is 4.39 Å². The zero-order valence-corrected chi connectivity index (χ0v) is 9.09. The van der Waals surface area contributed by atoms with Gasteiger partial charge >= 0.3 is 0 Å². The van der Waals surface area contributed by atoms with Gasteiger partial charge in [0, 0.05) is 13.2 Å². The van der Waals surface area contributed by atoms with Gasteiger partial charge in [0.15, 0.2) is 21.9 Å². The maximum atomic E-state index is 13.0. The summed E-state index contributed by atoms with van der Waals surface area (Å²) in [6.07, 6.45) is 3.22. The van der Waals surface area contributed by atoms with Crippen molar-refractivity contribution >= 4 is 23.2 Å². The molecule has 0 atom stereocenters. The van der Waals surface area contributed by atoms with E-state index in [1.54, 1.807) is 24.1 Å². The molecule has 0 N–H and O–H groups in total. The molecule has 2 heterocycles. The predicted molar refractivity (Wildman–Crippen MR) is 54.2 cm³/mol. The van der Waals surface area contributed by atoms with E-state index in [2.05, 4.69) is 15.1 Å². The Hall–Kier alpha value is -1.20. The van der Waals surface area contributed by atoms with Crippen LogP contribution in [0.3, 0.4) is 0 Å². The maximum absolute atomic E-state index is 13.0. The Bertz CT molecular complexity index is 488. The fourth-order valence-electron chi connectivity index (χ4n) is 1.06. The minimum absolute atomic E-state index is 0.250. The van der Waals surface area contributed by atoms with E-state index in [-0.39, 0.29) is 16.1 Å². The summed E-state index contributed by atoms with van der Waals surface area (Å²) in [5, 5.41) is 3.34. The smallest absolute Gasteiger partial charge is 0.197 e. The summed E-state index contributed by atoms with van der Waals surface area (Å²) in [7, 11) is 1.75. The number of rotatable bonds is 1. The maximum Gasteiger partial charge on any atom is 0.197 e. The van der Waals surface area contributed by atoms with Crippen molar-refractivity contribution in [2.45, 2.75) is 0 Å². The largest absolute Gasteiger partial charge is 0.275 e. The van der Waals surface area contributed by atoms with E-state index in [0.29, 0.717) is 5.56 Å². The van der Waals surface area contributed by atoms with Crippen LogP contribution in [-0.2, 0) is 7.05 Å². The lowest BCUT2D eigenvalue weighted by atomic mass is 10.3. The lowest BCUT2D eigenvalue weighted by molar-refractivity contribution is 0.615. The van der Waals surface area contributed by atoms with Gasteiger partial charge in [-0.3, -0.25) is 4.68 Å². The van der Waals surface area contributed by atoms with Crippen molar-refractivity contribution in [3.8, 4) is 11.4 Å². The molecule has 2 aromatic rings. The van der Waals surface area contributed by atoms with Gasteiger partial charge in [0.05, 0.1) is 11.8 Å². The third kappa shape index (κ3) is 1.93. The van der Waals surface area contributed by atoms with Gasteiger partial charge in [-0.15, -0.1) is 0 Å². The molecule has 0 spiro atoms. The SMILES string of the molecule is Cn1cc(-c2nc(Cl)c(F)c(Cl)n2)cn1. The third-order valence-corrected chi connectivity index (χ3v) is 2.23. The molecule has 4 nitrogen and oxygen atoms in total. The second kappa shape index (κ2) is 3.75. The number of hydrogen-bond acceptors (Lipinski definition) is 3. The molecule has 7 heteroatoms. The second-order valence-corrected chi connectivity index (χ2v) is 3.56. The van der Waals surface area contributed by atoms with E-state index in [9.17, 15) is 4.39 Å². The van der Waals surface area contributed by atoms with Crippen molar-refractivity contribution in [3.63, 3.8) is 0 Å². The van der Waals surface area contributed by atoms with Crippen LogP contribution in [0.5, 0.6) is 0 Å². The van der Waals surface area contributed by atoms with Crippen LogP contribution in [0.25, 0.3) is 11.4 Å². The summed E-state index contributed by atoms with van der Waals surface area (Å²) in [5.74, 6) is -0.564. The summed E-state index contributed by atoms with van der Waals surface area (Å²) in [4.78, 5) is 7.52. The molecule has 0 amide bonds. The van der Waals surface area contributed by atoms with Gasteiger partial charge in [0.25, 0.3) is 0 Å². The highest BCUT2D eigenvalue weighted by Gasteiger charge is 2.12. The molecule has 0 bridgehead atoms. The number of halogens is 3. The molecule has 2 aromatic heterocycles. The molecule has 0 aliphatic rings. The van der Waals surface area contributed by atoms with Crippen molar-refractivity contribution in [1.82, 2.24) is 19.7 Å². The highest BCUT2D eigenvalue weighted by atomic mass is 35.5. The van der Waals surface area contributed by atoms with Crippen LogP contribution in [0.4, 0.5) is 4.39 Å². The predicted octanol–water partition coefficient (Wildman–Crippen LogP) is 2.32. The fraction of sp³-hybridized carbons (Fsp3) is 0.125. The fourth-order valence-corrected chi connectivity index (χ4v) is 1.45. The number of hydrogen-bond donors (Lipinski definition) is 0. The molecule has 78 valence electrons. The normalized spacial score (nSPS) is 10.7. The highest BCUT2D eigenvalue weighted by Crippen LogP contribution is 2.23. The monoisotopic (exact) mass is 246 g/mol. The van der Waals surface area contributed by atoms with Crippen molar-refractivity contribution in [1.29, 1.82) is 0 Å². The second-order valence-electron chi connectivity index (χ2n) is 2.85. The van der Waals surface area contributed by atoms with E-state index >= 15 is 0 Å². The first-order valence-corrected chi connectivity index (χ1v) is 4.71. The molecule has 0 aliphatic heterocycles. The summed E-state index contributed by atoms with van der Waals surface area (Å²) in [5.41, 5.74) is 0.626. The highest BCUT2D eigenvalue weighted by molar-refractivity contribution is 6.33. The Morgan fingerprint density at radius 2 is 1.87 bits per heavy atom. The van der Waals surface area contributed by atoms with Crippen LogP contribution < -0.4 is 0 Å². The summed E-state index contributed by atoms with van der Waals surface area (Å²) in [6.45, 7) is 0. The van der Waals surface area contributed by atoms with Gasteiger partial charge in [-0.1, -0.05) is 23.2 Å². The molecule has 0 aliphatic carbocycles. The summed E-state index contributed by atoms with van der Waals surface area (Å²) >= 11 is 11.1. The Morgan fingerprint density at radius 1 is 1.27 bits per heavy atom. The minimum atomic E-state index is -0.814. The van der Waals surface area contributed by atoms with Gasteiger partial charge in [0.2, 0.25) is 0 Å². The van der Waals surface area contributed by atoms with Crippen LogP contribution >= 0.6 is 23.2 Å². The molecule has 0 saturated heterocycles. The molecular formula is C8H5Cl2FN4. The van der Waals surface area contributed by atoms with E-state index in [4.69, 9.17) is 23.2 Å². The standard InChI is InChI=1S/C8H5Cl2FN4/c1-15-3-4(2-12-15)8-13-6(9)5(11)7(10)14-8/h2-3H,1H3. The molecule has 0 fully saturated rings. The van der Waals surface area contributed by atoms with Gasteiger partial charge in [0.1, 0.15) is 0 Å². The zero-order chi connectivity index (χ0) is 11.0. The minimum Gasteiger partial charge on any atom is -0.275 e. The Labute approximate surface area is 94.7 Å². The molecule has 15 heavy (non-hydrogen) atoms. The zero-order valence-electron chi connectivity index (χ0n) is 7.58. The first-order chi connectivity index (χ1) is 7.08. The van der Waals surface area contributed by atoms with Crippen molar-refractivity contribution in [3.05, 3.63) is 28.5 Å². The van der Waals surface area contributed by atoms with E-state index in [1.807, 2.05) is 0 Å². The molecule has 0 radical (unpaired) electrons. The summed E-state index contributed by atoms with van der Waals surface area (Å²) < 4.78 is 14.6. The average Bonchev–Trinajstić information content (AvgIpc) is 2.60. The van der Waals surface area contributed by atoms with Gasteiger partial charge < -0.3 is 0 Å². The Balaban J connectivity index is 2.55. The molecule has 2 rings (SSSR count). The number of aryl methyl sites for hydroxylation is 1. The first kappa shape index (κ1) is 10.3. The number of nitrogens with zero attached hydrogens (tertiary/aromatic N) is 4. The topological polar surface area (TPSA) is 43.6 Å². The van der Waals surface area contributed by atoms with Crippen LogP contribution in [0.1, 0.15) is 0 Å². The van der Waals surface area contributed by atoms with Crippen molar-refractivity contribution in [2.24, 2.45) is 7.05 Å². The van der Waals surface area contributed by atoms with Crippen LogP contribution in [0, 0.1) is 5.82 Å². The van der Waals surface area contributed by atoms with E-state index in [1.165, 1.54) is 0 Å². The molecular weight excluding hydrogens is 242 g/mol. The summed E-state index contributed by atoms with van der Waals surface area (Å²) in [6, 6.07) is 0. The van der Waals surface area contributed by atoms with E-state index < -0.39 is 5.82 Å². The van der Waals surface area contributed by atoms with E-state index in [0.717, 1.165) is 0 Å². The average molecular weight is 247 g/mol. The Kier molecular flexibility index (Phi) is 2.58. The van der Waals surface area contributed by atoms with Crippen molar-refractivity contribution in [2.75, 3.05) is 0 Å². The molecule has 0 aromatic carbocycles.